The number of carboxylic acids is 1. The number of methoxy groups -OCH3 is 2. The maximum atomic E-state index is 13.7. The van der Waals surface area contributed by atoms with Crippen LogP contribution in [0.15, 0.2) is 60.8 Å². The first-order valence-corrected chi connectivity index (χ1v) is 15.6. The van der Waals surface area contributed by atoms with Gasteiger partial charge in [-0.05, 0) is 79.4 Å². The predicted octanol–water partition coefficient (Wildman–Crippen LogP) is 7.07. The summed E-state index contributed by atoms with van der Waals surface area (Å²) in [5, 5.41) is 9.44. The van der Waals surface area contributed by atoms with Crippen LogP contribution < -0.4 is 9.64 Å². The van der Waals surface area contributed by atoms with Gasteiger partial charge in [-0.1, -0.05) is 23.8 Å². The number of aromatic carboxylic acids is 1. The number of alkyl halides is 3. The smallest absolute Gasteiger partial charge is 0.416 e. The maximum Gasteiger partial charge on any atom is 0.416 e. The molecule has 0 bridgehead atoms. The number of hydrogen-bond donors (Lipinski definition) is 1. The fourth-order valence-corrected chi connectivity index (χ4v) is 6.32. The Hall–Kier alpha value is -5.17. The van der Waals surface area contributed by atoms with Gasteiger partial charge in [-0.15, -0.1) is 0 Å². The van der Waals surface area contributed by atoms with E-state index in [0.717, 1.165) is 28.8 Å². The first kappa shape index (κ1) is 33.7. The summed E-state index contributed by atoms with van der Waals surface area (Å²) in [6, 6.07) is 13.5. The lowest BCUT2D eigenvalue weighted by atomic mass is 9.94. The van der Waals surface area contributed by atoms with Crippen LogP contribution >= 0.6 is 0 Å². The summed E-state index contributed by atoms with van der Waals surface area (Å²) in [6.07, 6.45) is -4.48. The molecule has 10 nitrogen and oxygen atoms in total. The van der Waals surface area contributed by atoms with Crippen molar-refractivity contribution >= 4 is 18.0 Å². The number of amides is 1. The number of aromatic nitrogens is 2. The maximum absolute atomic E-state index is 13.7. The van der Waals surface area contributed by atoms with Gasteiger partial charge in [0.15, 0.2) is 0 Å². The molecule has 2 atom stereocenters. The molecular formula is C36H35F3N4O6. The highest BCUT2D eigenvalue weighted by Crippen LogP contribution is 2.41. The lowest BCUT2D eigenvalue weighted by Crippen LogP contribution is -2.52. The molecule has 1 N–H and O–H groups in total. The highest BCUT2D eigenvalue weighted by atomic mass is 19.4. The molecule has 4 aromatic rings. The molecule has 3 heterocycles. The molecule has 0 radical (unpaired) electrons. The number of carbonyl (C=O) groups excluding carboxylic acids is 1. The topological polar surface area (TPSA) is 114 Å². The first-order valence-electron chi connectivity index (χ1n) is 15.6. The number of cyclic esters (lactones) is 1. The third-order valence-corrected chi connectivity index (χ3v) is 9.06. The molecule has 2 aliphatic heterocycles. The van der Waals surface area contributed by atoms with Crippen molar-refractivity contribution in [2.45, 2.75) is 51.7 Å². The lowest BCUT2D eigenvalue weighted by molar-refractivity contribution is -0.137. The molecule has 0 spiro atoms. The van der Waals surface area contributed by atoms with Gasteiger partial charge >= 0.3 is 18.2 Å². The van der Waals surface area contributed by atoms with Crippen molar-refractivity contribution in [1.82, 2.24) is 14.9 Å². The summed E-state index contributed by atoms with van der Waals surface area (Å²) < 4.78 is 57.8. The second kappa shape index (κ2) is 13.0. The van der Waals surface area contributed by atoms with E-state index in [0.29, 0.717) is 47.2 Å². The minimum absolute atomic E-state index is 0.0272. The molecule has 256 valence electrons. The van der Waals surface area contributed by atoms with Gasteiger partial charge in [0, 0.05) is 37.5 Å². The Morgan fingerprint density at radius 1 is 1.02 bits per heavy atom. The highest BCUT2D eigenvalue weighted by molar-refractivity contribution is 5.89. The van der Waals surface area contributed by atoms with Crippen LogP contribution in [0.5, 0.6) is 5.75 Å². The van der Waals surface area contributed by atoms with Crippen molar-refractivity contribution in [2.75, 3.05) is 32.2 Å². The molecule has 0 unspecified atom stereocenters. The standard InChI is InChI=1S/C36H35F3N4O6/c1-19-10-24(13-25(11-19)36(37,38)39)32-21(3)43(35(46)49-32)18-30-29(15-40-34(41-30)42-16-26(17-42)47-4)28-14-22(7-9-31(28)48-5)27-8-6-23(33(44)45)12-20(27)2/h6-15,21,26,32H,16-18H2,1-5H3,(H,44,45)/t21-,32-/m0/s1. The second-order valence-electron chi connectivity index (χ2n) is 12.3. The van der Waals surface area contributed by atoms with Gasteiger partial charge in [-0.2, -0.15) is 13.2 Å². The molecule has 1 aromatic heterocycles. The number of ether oxygens (including phenoxy) is 3. The molecule has 1 amide bonds. The zero-order valence-electron chi connectivity index (χ0n) is 27.5. The minimum Gasteiger partial charge on any atom is -0.496 e. The van der Waals surface area contributed by atoms with Crippen LogP contribution in [0.2, 0.25) is 0 Å². The van der Waals surface area contributed by atoms with Crippen molar-refractivity contribution < 1.29 is 42.1 Å². The summed E-state index contributed by atoms with van der Waals surface area (Å²) in [5.41, 5.74) is 4.07. The minimum atomic E-state index is -4.55. The quantitative estimate of drug-likeness (QED) is 0.199. The van der Waals surface area contributed by atoms with Gasteiger partial charge in [0.2, 0.25) is 5.95 Å². The Morgan fingerprint density at radius 2 is 1.78 bits per heavy atom. The highest BCUT2D eigenvalue weighted by Gasteiger charge is 2.42. The zero-order chi connectivity index (χ0) is 35.2. The first-order chi connectivity index (χ1) is 23.3. The fraction of sp³-hybridized carbons (Fsp3) is 0.333. The van der Waals surface area contributed by atoms with E-state index in [2.05, 4.69) is 4.98 Å². The van der Waals surface area contributed by atoms with E-state index >= 15 is 0 Å². The summed E-state index contributed by atoms with van der Waals surface area (Å²) in [7, 11) is 3.17. The van der Waals surface area contributed by atoms with Gasteiger partial charge in [-0.25, -0.2) is 19.6 Å². The zero-order valence-corrected chi connectivity index (χ0v) is 27.5. The number of rotatable bonds is 9. The van der Waals surface area contributed by atoms with Gasteiger partial charge in [0.1, 0.15) is 11.9 Å². The molecule has 2 saturated heterocycles. The fourth-order valence-electron chi connectivity index (χ4n) is 6.32. The predicted molar refractivity (Wildman–Crippen MR) is 175 cm³/mol. The average Bonchev–Trinajstić information content (AvgIpc) is 3.32. The van der Waals surface area contributed by atoms with Gasteiger partial charge in [0.05, 0.1) is 42.6 Å². The molecular weight excluding hydrogens is 641 g/mol. The van der Waals surface area contributed by atoms with Crippen molar-refractivity contribution in [3.8, 4) is 28.0 Å². The number of carbonyl (C=O) groups is 2. The van der Waals surface area contributed by atoms with E-state index in [1.54, 1.807) is 57.5 Å². The molecule has 49 heavy (non-hydrogen) atoms. The van der Waals surface area contributed by atoms with Crippen LogP contribution in [0.25, 0.3) is 22.3 Å². The van der Waals surface area contributed by atoms with Crippen molar-refractivity contribution in [1.29, 1.82) is 0 Å². The van der Waals surface area contributed by atoms with Crippen molar-refractivity contribution in [3.05, 3.63) is 94.3 Å². The van der Waals surface area contributed by atoms with Crippen LogP contribution in [0.3, 0.4) is 0 Å². The molecule has 0 aliphatic carbocycles. The molecule has 0 saturated carbocycles. The Morgan fingerprint density at radius 3 is 2.43 bits per heavy atom. The van der Waals surface area contributed by atoms with Crippen LogP contribution in [0, 0.1) is 13.8 Å². The normalized spacial score (nSPS) is 18.0. The number of anilines is 1. The molecule has 2 fully saturated rings. The second-order valence-corrected chi connectivity index (χ2v) is 12.3. The number of carboxylic acid groups (broad SMARTS) is 1. The largest absolute Gasteiger partial charge is 0.496 e. The number of hydrogen-bond acceptors (Lipinski definition) is 8. The number of benzene rings is 3. The summed E-state index contributed by atoms with van der Waals surface area (Å²) >= 11 is 0. The van der Waals surface area contributed by atoms with Crippen molar-refractivity contribution in [3.63, 3.8) is 0 Å². The molecule has 2 aliphatic rings. The summed E-state index contributed by atoms with van der Waals surface area (Å²) in [4.78, 5) is 37.9. The summed E-state index contributed by atoms with van der Waals surface area (Å²) in [5.74, 6) is -0.0717. The average molecular weight is 677 g/mol. The van der Waals surface area contributed by atoms with Crippen LogP contribution in [-0.2, 0) is 22.2 Å². The monoisotopic (exact) mass is 676 g/mol. The van der Waals surface area contributed by atoms with E-state index < -0.39 is 35.9 Å². The molecule has 13 heteroatoms. The van der Waals surface area contributed by atoms with Gasteiger partial charge in [-0.3, -0.25) is 4.90 Å². The number of halogens is 3. The third-order valence-electron chi connectivity index (χ3n) is 9.06. The Bertz CT molecular complexity index is 1930. The lowest BCUT2D eigenvalue weighted by Gasteiger charge is -2.38. The van der Waals surface area contributed by atoms with Crippen LogP contribution in [0.4, 0.5) is 23.9 Å². The number of nitrogens with zero attached hydrogens (tertiary/aromatic N) is 4. The Labute approximate surface area is 281 Å². The molecule has 6 rings (SSSR count). The summed E-state index contributed by atoms with van der Waals surface area (Å²) in [6.45, 7) is 6.27. The van der Waals surface area contributed by atoms with Crippen LogP contribution in [0.1, 0.15) is 51.3 Å². The Kier molecular flexibility index (Phi) is 8.97. The van der Waals surface area contributed by atoms with Crippen LogP contribution in [-0.4, -0.2) is 71.5 Å². The van der Waals surface area contributed by atoms with E-state index in [1.165, 1.54) is 12.0 Å². The van der Waals surface area contributed by atoms with E-state index in [1.807, 2.05) is 24.0 Å². The SMILES string of the molecule is COc1ccc(-c2ccc(C(=O)O)cc2C)cc1-c1cnc(N2CC(OC)C2)nc1CN1C(=O)O[C@H](c2cc(C)cc(C(F)(F)F)c2)[C@@H]1C. The van der Waals surface area contributed by atoms with E-state index in [9.17, 15) is 27.9 Å². The van der Waals surface area contributed by atoms with E-state index in [-0.39, 0.29) is 23.8 Å². The number of aryl methyl sites for hydroxylation is 2. The van der Waals surface area contributed by atoms with Gasteiger partial charge in [0.25, 0.3) is 0 Å². The molecule has 3 aromatic carbocycles. The van der Waals surface area contributed by atoms with E-state index in [4.69, 9.17) is 19.2 Å². The van der Waals surface area contributed by atoms with Crippen molar-refractivity contribution in [2.24, 2.45) is 0 Å². The third kappa shape index (κ3) is 6.62. The van der Waals surface area contributed by atoms with Gasteiger partial charge < -0.3 is 24.2 Å². The Balaban J connectivity index is 1.40.